The molecule has 0 atom stereocenters. The predicted octanol–water partition coefficient (Wildman–Crippen LogP) is 8.99. The van der Waals surface area contributed by atoms with E-state index in [-0.39, 0.29) is 5.41 Å². The molecule has 0 spiro atoms. The van der Waals surface area contributed by atoms with Gasteiger partial charge in [-0.25, -0.2) is 0 Å². The maximum atomic E-state index is 4.41. The van der Waals surface area contributed by atoms with Crippen molar-refractivity contribution in [2.24, 2.45) is 0 Å². The van der Waals surface area contributed by atoms with Crippen molar-refractivity contribution in [3.63, 3.8) is 0 Å². The molecule has 0 unspecified atom stereocenters. The topological polar surface area (TPSA) is 30.7 Å². The first-order chi connectivity index (χ1) is 18.4. The Labute approximate surface area is 223 Å². The highest BCUT2D eigenvalue weighted by atomic mass is 15.0. The van der Waals surface area contributed by atoms with E-state index in [9.17, 15) is 0 Å². The van der Waals surface area contributed by atoms with E-state index in [1.54, 1.807) is 0 Å². The second kappa shape index (κ2) is 8.26. The van der Waals surface area contributed by atoms with Crippen molar-refractivity contribution in [1.82, 2.24) is 14.5 Å². The fourth-order valence-electron chi connectivity index (χ4n) is 6.27. The molecule has 3 aromatic carbocycles. The van der Waals surface area contributed by atoms with Crippen LogP contribution in [-0.4, -0.2) is 14.5 Å². The lowest BCUT2D eigenvalue weighted by molar-refractivity contribution is 0.642. The molecule has 6 aromatic rings. The first kappa shape index (κ1) is 22.7. The zero-order valence-corrected chi connectivity index (χ0v) is 22.2. The van der Waals surface area contributed by atoms with Gasteiger partial charge in [0.15, 0.2) is 0 Å². The Morgan fingerprint density at radius 1 is 0.658 bits per heavy atom. The molecule has 3 aromatic heterocycles. The van der Waals surface area contributed by atoms with E-state index < -0.39 is 0 Å². The van der Waals surface area contributed by atoms with E-state index in [1.165, 1.54) is 44.1 Å². The first-order valence-corrected chi connectivity index (χ1v) is 13.2. The van der Waals surface area contributed by atoms with Gasteiger partial charge < -0.3 is 4.57 Å². The number of allylic oxidation sites excluding steroid dienone is 2. The first-order valence-electron chi connectivity index (χ1n) is 13.2. The van der Waals surface area contributed by atoms with Crippen molar-refractivity contribution in [3.8, 4) is 27.9 Å². The molecule has 0 saturated carbocycles. The number of fused-ring (bicyclic) bond motifs is 5. The average Bonchev–Trinajstić information content (AvgIpc) is 3.38. The molecule has 3 heterocycles. The highest BCUT2D eigenvalue weighted by Gasteiger charge is 2.37. The zero-order valence-electron chi connectivity index (χ0n) is 22.2. The number of pyridine rings is 2. The molecule has 0 radical (unpaired) electrons. The summed E-state index contributed by atoms with van der Waals surface area (Å²) in [6.07, 6.45) is 7.53. The summed E-state index contributed by atoms with van der Waals surface area (Å²) < 4.78 is 2.48. The number of benzene rings is 3. The summed E-state index contributed by atoms with van der Waals surface area (Å²) in [5, 5.41) is 2.57. The van der Waals surface area contributed by atoms with Crippen molar-refractivity contribution >= 4 is 27.4 Å². The number of rotatable bonds is 3. The molecule has 0 bridgehead atoms. The van der Waals surface area contributed by atoms with Gasteiger partial charge in [-0.3, -0.25) is 9.97 Å². The molecule has 0 saturated heterocycles. The van der Waals surface area contributed by atoms with Gasteiger partial charge in [-0.1, -0.05) is 61.9 Å². The van der Waals surface area contributed by atoms with Gasteiger partial charge in [0.2, 0.25) is 0 Å². The van der Waals surface area contributed by atoms with E-state index >= 15 is 0 Å². The van der Waals surface area contributed by atoms with Crippen molar-refractivity contribution in [2.75, 3.05) is 0 Å². The highest BCUT2D eigenvalue weighted by Crippen LogP contribution is 2.50. The number of nitrogens with zero attached hydrogens (tertiary/aromatic N) is 3. The summed E-state index contributed by atoms with van der Waals surface area (Å²) >= 11 is 0. The van der Waals surface area contributed by atoms with Gasteiger partial charge in [-0.15, -0.1) is 0 Å². The molecule has 184 valence electrons. The summed E-state index contributed by atoms with van der Waals surface area (Å²) in [5.74, 6) is 0. The van der Waals surface area contributed by atoms with Gasteiger partial charge in [0.25, 0.3) is 0 Å². The van der Waals surface area contributed by atoms with Crippen molar-refractivity contribution < 1.29 is 0 Å². The van der Waals surface area contributed by atoms with E-state index in [0.29, 0.717) is 0 Å². The van der Waals surface area contributed by atoms with Crippen LogP contribution >= 0.6 is 0 Å². The van der Waals surface area contributed by atoms with Gasteiger partial charge in [-0.2, -0.15) is 0 Å². The SMILES string of the molecule is CC1=C(C)C(C)(C)c2c1ccc1c3ccccc3n(-c3cc(-c4cccnc4)cc(-c4cccnc4)c3)c21. The summed E-state index contributed by atoms with van der Waals surface area (Å²) in [6.45, 7) is 9.29. The molecule has 1 aliphatic carbocycles. The minimum absolute atomic E-state index is 0.0573. The van der Waals surface area contributed by atoms with Crippen LogP contribution in [0.5, 0.6) is 0 Å². The summed E-state index contributed by atoms with van der Waals surface area (Å²) in [7, 11) is 0. The summed E-state index contributed by atoms with van der Waals surface area (Å²) in [4.78, 5) is 8.83. The molecule has 0 aliphatic heterocycles. The Bertz CT molecular complexity index is 1830. The van der Waals surface area contributed by atoms with E-state index in [4.69, 9.17) is 0 Å². The van der Waals surface area contributed by atoms with Crippen LogP contribution in [0.2, 0.25) is 0 Å². The number of hydrogen-bond acceptors (Lipinski definition) is 2. The van der Waals surface area contributed by atoms with Gasteiger partial charge in [0.1, 0.15) is 0 Å². The van der Waals surface area contributed by atoms with Crippen LogP contribution in [0.4, 0.5) is 0 Å². The van der Waals surface area contributed by atoms with Crippen LogP contribution < -0.4 is 0 Å². The average molecular weight is 492 g/mol. The normalized spacial score (nSPS) is 14.4. The monoisotopic (exact) mass is 491 g/mol. The standard InChI is InChI=1S/C35H29N3/c1-22-23(2)35(3,4)33-29(22)13-14-31-30-11-5-6-12-32(30)38(34(31)33)28-18-26(24-9-7-15-36-20-24)17-27(19-28)25-10-8-16-37-21-25/h5-21H,1-4H3. The van der Waals surface area contributed by atoms with Crippen LogP contribution in [0.25, 0.3) is 55.3 Å². The summed E-state index contributed by atoms with van der Waals surface area (Å²) in [6, 6.07) is 28.5. The van der Waals surface area contributed by atoms with Gasteiger partial charge in [0.05, 0.1) is 11.0 Å². The van der Waals surface area contributed by atoms with Crippen molar-refractivity contribution in [2.45, 2.75) is 33.1 Å². The summed E-state index contributed by atoms with van der Waals surface area (Å²) in [5.41, 5.74) is 13.7. The molecule has 3 nitrogen and oxygen atoms in total. The van der Waals surface area contributed by atoms with Crippen molar-refractivity contribution in [1.29, 1.82) is 0 Å². The lowest BCUT2D eigenvalue weighted by Gasteiger charge is -2.25. The van der Waals surface area contributed by atoms with Crippen LogP contribution in [0.3, 0.4) is 0 Å². The number of hydrogen-bond donors (Lipinski definition) is 0. The Morgan fingerprint density at radius 2 is 1.32 bits per heavy atom. The van der Waals surface area contributed by atoms with Crippen molar-refractivity contribution in [3.05, 3.63) is 120 Å². The lowest BCUT2D eigenvalue weighted by Crippen LogP contribution is -2.17. The molecule has 3 heteroatoms. The number of para-hydroxylation sites is 1. The van der Waals surface area contributed by atoms with Gasteiger partial charge >= 0.3 is 0 Å². The molecule has 38 heavy (non-hydrogen) atoms. The fourth-order valence-corrected chi connectivity index (χ4v) is 6.27. The minimum atomic E-state index is -0.0573. The predicted molar refractivity (Wildman–Crippen MR) is 159 cm³/mol. The third-order valence-electron chi connectivity index (χ3n) is 8.53. The second-order valence-electron chi connectivity index (χ2n) is 10.9. The van der Waals surface area contributed by atoms with Crippen LogP contribution in [0, 0.1) is 0 Å². The molecule has 0 amide bonds. The second-order valence-corrected chi connectivity index (χ2v) is 10.9. The Hall–Kier alpha value is -4.50. The third-order valence-corrected chi connectivity index (χ3v) is 8.53. The molecular weight excluding hydrogens is 462 g/mol. The Balaban J connectivity index is 1.62. The molecule has 0 N–H and O–H groups in total. The van der Waals surface area contributed by atoms with Gasteiger partial charge in [-0.05, 0) is 78.1 Å². The molecule has 0 fully saturated rings. The maximum absolute atomic E-state index is 4.41. The lowest BCUT2D eigenvalue weighted by atomic mass is 9.81. The highest BCUT2D eigenvalue weighted by molar-refractivity contribution is 6.12. The molecule has 1 aliphatic rings. The van der Waals surface area contributed by atoms with Gasteiger partial charge in [0, 0.05) is 57.8 Å². The Kier molecular flexibility index (Phi) is 4.93. The zero-order chi connectivity index (χ0) is 26.0. The van der Waals surface area contributed by atoms with E-state index in [1.807, 2.05) is 36.9 Å². The largest absolute Gasteiger partial charge is 0.309 e. The van der Waals surface area contributed by atoms with Crippen LogP contribution in [0.15, 0.2) is 109 Å². The number of aromatic nitrogens is 3. The maximum Gasteiger partial charge on any atom is 0.0587 e. The smallest absolute Gasteiger partial charge is 0.0587 e. The van der Waals surface area contributed by atoms with E-state index in [2.05, 4.69) is 109 Å². The Morgan fingerprint density at radius 3 is 1.95 bits per heavy atom. The minimum Gasteiger partial charge on any atom is -0.309 e. The van der Waals surface area contributed by atoms with E-state index in [0.717, 1.165) is 27.9 Å². The molecule has 7 rings (SSSR count). The molecular formula is C35H29N3. The quantitative estimate of drug-likeness (QED) is 0.247. The van der Waals surface area contributed by atoms with Crippen LogP contribution in [0.1, 0.15) is 38.8 Å². The fraction of sp³-hybridized carbons (Fsp3) is 0.143. The third kappa shape index (κ3) is 3.21. The van der Waals surface area contributed by atoms with Crippen LogP contribution in [-0.2, 0) is 5.41 Å².